The molecule has 92 valence electrons. The molecule has 1 aliphatic heterocycles. The van der Waals surface area contributed by atoms with Crippen molar-refractivity contribution in [2.45, 2.75) is 31.7 Å². The van der Waals surface area contributed by atoms with Gasteiger partial charge in [0.25, 0.3) is 0 Å². The average molecular weight is 226 g/mol. The predicted molar refractivity (Wildman–Crippen MR) is 62.2 cm³/mol. The van der Waals surface area contributed by atoms with Gasteiger partial charge in [0.2, 0.25) is 0 Å². The number of carbonyl (C=O) groups is 1. The summed E-state index contributed by atoms with van der Waals surface area (Å²) < 4.78 is 4.96. The van der Waals surface area contributed by atoms with Crippen LogP contribution >= 0.6 is 0 Å². The summed E-state index contributed by atoms with van der Waals surface area (Å²) in [5.74, 6) is 0.497. The van der Waals surface area contributed by atoms with Gasteiger partial charge >= 0.3 is 5.97 Å². The molecule has 4 nitrogen and oxygen atoms in total. The Hall–Kier alpha value is -0.610. The van der Waals surface area contributed by atoms with Crippen molar-refractivity contribution >= 4 is 5.97 Å². The van der Waals surface area contributed by atoms with Crippen molar-refractivity contribution in [3.63, 3.8) is 0 Å². The fourth-order valence-corrected chi connectivity index (χ4v) is 2.66. The Morgan fingerprint density at radius 3 is 2.75 bits per heavy atom. The van der Waals surface area contributed by atoms with E-state index in [9.17, 15) is 4.79 Å². The van der Waals surface area contributed by atoms with Crippen LogP contribution < -0.4 is 5.32 Å². The van der Waals surface area contributed by atoms with Crippen LogP contribution in [0.1, 0.15) is 25.7 Å². The minimum absolute atomic E-state index is 0.0126. The number of esters is 1. The lowest BCUT2D eigenvalue weighted by molar-refractivity contribution is -0.150. The molecule has 0 aromatic heterocycles. The quantitative estimate of drug-likeness (QED) is 0.716. The zero-order valence-electron chi connectivity index (χ0n) is 10.1. The number of methoxy groups -OCH3 is 1. The number of hydrogen-bond donors (Lipinski definition) is 1. The summed E-state index contributed by atoms with van der Waals surface area (Å²) in [6.45, 7) is 4.04. The Balaban J connectivity index is 2.00. The van der Waals surface area contributed by atoms with Crippen LogP contribution in [0, 0.1) is 5.92 Å². The molecule has 0 bridgehead atoms. The summed E-state index contributed by atoms with van der Waals surface area (Å²) in [5.41, 5.74) is 0. The van der Waals surface area contributed by atoms with E-state index in [2.05, 4.69) is 10.2 Å². The summed E-state index contributed by atoms with van der Waals surface area (Å²) in [6, 6.07) is 0.0126. The van der Waals surface area contributed by atoms with Crippen molar-refractivity contribution < 1.29 is 9.53 Å². The first-order valence-electron chi connectivity index (χ1n) is 6.35. The van der Waals surface area contributed by atoms with E-state index in [0.29, 0.717) is 5.92 Å². The van der Waals surface area contributed by atoms with Crippen LogP contribution in [-0.4, -0.2) is 50.2 Å². The van der Waals surface area contributed by atoms with Gasteiger partial charge in [0, 0.05) is 19.6 Å². The van der Waals surface area contributed by atoms with Gasteiger partial charge in [0.05, 0.1) is 7.11 Å². The summed E-state index contributed by atoms with van der Waals surface area (Å²) in [6.07, 6.45) is 4.76. The first kappa shape index (κ1) is 11.9. The maximum atomic E-state index is 11.9. The van der Waals surface area contributed by atoms with Gasteiger partial charge in [-0.3, -0.25) is 9.69 Å². The summed E-state index contributed by atoms with van der Waals surface area (Å²) in [4.78, 5) is 14.2. The van der Waals surface area contributed by atoms with Crippen LogP contribution in [0.4, 0.5) is 0 Å². The van der Waals surface area contributed by atoms with Gasteiger partial charge in [-0.05, 0) is 31.7 Å². The molecule has 1 aliphatic carbocycles. The van der Waals surface area contributed by atoms with Crippen molar-refractivity contribution in [2.24, 2.45) is 5.92 Å². The van der Waals surface area contributed by atoms with E-state index in [1.807, 2.05) is 0 Å². The molecule has 0 radical (unpaired) electrons. The lowest BCUT2D eigenvalue weighted by atomic mass is 9.79. The molecule has 2 rings (SSSR count). The van der Waals surface area contributed by atoms with Crippen LogP contribution in [0.5, 0.6) is 0 Å². The molecule has 1 N–H and O–H groups in total. The van der Waals surface area contributed by atoms with Crippen molar-refractivity contribution in [3.8, 4) is 0 Å². The lowest BCUT2D eigenvalue weighted by Crippen LogP contribution is -2.50. The molecule has 2 fully saturated rings. The van der Waals surface area contributed by atoms with E-state index in [-0.39, 0.29) is 12.0 Å². The van der Waals surface area contributed by atoms with E-state index in [0.717, 1.165) is 32.6 Å². The minimum Gasteiger partial charge on any atom is -0.468 e. The summed E-state index contributed by atoms with van der Waals surface area (Å²) in [5, 5.41) is 3.37. The second-order valence-corrected chi connectivity index (χ2v) is 4.80. The largest absolute Gasteiger partial charge is 0.468 e. The van der Waals surface area contributed by atoms with E-state index in [1.54, 1.807) is 0 Å². The molecule has 4 heteroatoms. The molecule has 1 atom stereocenters. The predicted octanol–water partition coefficient (Wildman–Crippen LogP) is 0.623. The summed E-state index contributed by atoms with van der Waals surface area (Å²) >= 11 is 0. The molecule has 0 amide bonds. The normalized spacial score (nSPS) is 25.6. The van der Waals surface area contributed by atoms with Crippen LogP contribution in [0.3, 0.4) is 0 Å². The molecule has 16 heavy (non-hydrogen) atoms. The van der Waals surface area contributed by atoms with Gasteiger partial charge < -0.3 is 10.1 Å². The molecule has 2 aliphatic rings. The van der Waals surface area contributed by atoms with Gasteiger partial charge in [-0.25, -0.2) is 0 Å². The molecule has 1 unspecified atom stereocenters. The third-order valence-electron chi connectivity index (χ3n) is 3.81. The second-order valence-electron chi connectivity index (χ2n) is 4.80. The number of carbonyl (C=O) groups excluding carboxylic acids is 1. The molecule has 1 heterocycles. The van der Waals surface area contributed by atoms with Gasteiger partial charge in [0.1, 0.15) is 6.04 Å². The average Bonchev–Trinajstić information content (AvgIpc) is 2.50. The minimum atomic E-state index is -0.0356. The molecule has 0 aromatic rings. The highest BCUT2D eigenvalue weighted by Gasteiger charge is 2.37. The number of nitrogens with zero attached hydrogens (tertiary/aromatic N) is 1. The highest BCUT2D eigenvalue weighted by atomic mass is 16.5. The molecule has 1 saturated carbocycles. The van der Waals surface area contributed by atoms with Crippen molar-refractivity contribution in [1.82, 2.24) is 10.2 Å². The molecular formula is C12H22N2O2. The fourth-order valence-electron chi connectivity index (χ4n) is 2.66. The highest BCUT2D eigenvalue weighted by molar-refractivity contribution is 5.76. The van der Waals surface area contributed by atoms with Crippen LogP contribution in [-0.2, 0) is 9.53 Å². The standard InChI is InChI=1S/C12H22N2O2/c1-16-12(15)11(10-4-2-5-10)14-8-3-6-13-7-9-14/h10-11,13H,2-9H2,1H3. The molecule has 1 saturated heterocycles. The fraction of sp³-hybridized carbons (Fsp3) is 0.917. The molecular weight excluding hydrogens is 204 g/mol. The first-order valence-corrected chi connectivity index (χ1v) is 6.35. The maximum Gasteiger partial charge on any atom is 0.323 e. The SMILES string of the molecule is COC(=O)C(C1CCC1)N1CCCNCC1. The van der Waals surface area contributed by atoms with Crippen LogP contribution in [0.15, 0.2) is 0 Å². The van der Waals surface area contributed by atoms with Gasteiger partial charge in [-0.15, -0.1) is 0 Å². The molecule has 0 aromatic carbocycles. The number of hydrogen-bond acceptors (Lipinski definition) is 4. The summed E-state index contributed by atoms with van der Waals surface area (Å²) in [7, 11) is 1.50. The number of rotatable bonds is 3. The Labute approximate surface area is 97.3 Å². The van der Waals surface area contributed by atoms with E-state index < -0.39 is 0 Å². The first-order chi connectivity index (χ1) is 7.83. The third kappa shape index (κ3) is 2.55. The van der Waals surface area contributed by atoms with Gasteiger partial charge in [-0.2, -0.15) is 0 Å². The third-order valence-corrected chi connectivity index (χ3v) is 3.81. The second kappa shape index (κ2) is 5.64. The van der Waals surface area contributed by atoms with Crippen LogP contribution in [0.25, 0.3) is 0 Å². The zero-order chi connectivity index (χ0) is 11.4. The van der Waals surface area contributed by atoms with E-state index >= 15 is 0 Å². The van der Waals surface area contributed by atoms with Crippen LogP contribution in [0.2, 0.25) is 0 Å². The Bertz CT molecular complexity index is 233. The lowest BCUT2D eigenvalue weighted by Gasteiger charge is -2.38. The Kier molecular flexibility index (Phi) is 4.18. The van der Waals surface area contributed by atoms with E-state index in [1.165, 1.54) is 26.4 Å². The van der Waals surface area contributed by atoms with Crippen molar-refractivity contribution in [1.29, 1.82) is 0 Å². The van der Waals surface area contributed by atoms with E-state index in [4.69, 9.17) is 4.74 Å². The Morgan fingerprint density at radius 1 is 1.31 bits per heavy atom. The highest BCUT2D eigenvalue weighted by Crippen LogP contribution is 2.33. The topological polar surface area (TPSA) is 41.6 Å². The van der Waals surface area contributed by atoms with Gasteiger partial charge in [-0.1, -0.05) is 6.42 Å². The van der Waals surface area contributed by atoms with Crippen molar-refractivity contribution in [2.75, 3.05) is 33.3 Å². The smallest absolute Gasteiger partial charge is 0.323 e. The van der Waals surface area contributed by atoms with Gasteiger partial charge in [0.15, 0.2) is 0 Å². The molecule has 0 spiro atoms. The Morgan fingerprint density at radius 2 is 2.12 bits per heavy atom. The van der Waals surface area contributed by atoms with Crippen molar-refractivity contribution in [3.05, 3.63) is 0 Å². The maximum absolute atomic E-state index is 11.9. The zero-order valence-corrected chi connectivity index (χ0v) is 10.1. The number of nitrogens with one attached hydrogen (secondary N) is 1. The number of ether oxygens (including phenoxy) is 1. The monoisotopic (exact) mass is 226 g/mol.